The highest BCUT2D eigenvalue weighted by Crippen LogP contribution is 2.21. The van der Waals surface area contributed by atoms with Crippen molar-refractivity contribution in [3.8, 4) is 0 Å². The topological polar surface area (TPSA) is 106 Å². The van der Waals surface area contributed by atoms with E-state index >= 15 is 0 Å². The molecule has 0 fully saturated rings. The van der Waals surface area contributed by atoms with E-state index in [1.54, 1.807) is 42.1 Å². The number of benzene rings is 1. The number of rotatable bonds is 6. The van der Waals surface area contributed by atoms with Crippen molar-refractivity contribution in [2.75, 3.05) is 13.1 Å². The SMILES string of the molecule is Cc1ccc(S(=O)(=O)NCCNC(=O)c2cc(C)nc3c2c(C)nn3C)cc1. The molecular formula is C19H23N5O3S. The van der Waals surface area contributed by atoms with Crippen molar-refractivity contribution in [1.29, 1.82) is 0 Å². The molecule has 0 saturated carbocycles. The van der Waals surface area contributed by atoms with Crippen LogP contribution in [0.4, 0.5) is 0 Å². The summed E-state index contributed by atoms with van der Waals surface area (Å²) in [6.07, 6.45) is 0. The van der Waals surface area contributed by atoms with Gasteiger partial charge in [0.15, 0.2) is 5.65 Å². The number of carbonyl (C=O) groups is 1. The summed E-state index contributed by atoms with van der Waals surface area (Å²) < 4.78 is 28.7. The summed E-state index contributed by atoms with van der Waals surface area (Å²) in [6, 6.07) is 8.30. The molecule has 148 valence electrons. The maximum absolute atomic E-state index is 12.7. The second-order valence-electron chi connectivity index (χ2n) is 6.69. The zero-order valence-electron chi connectivity index (χ0n) is 16.3. The molecular weight excluding hydrogens is 378 g/mol. The highest BCUT2D eigenvalue weighted by molar-refractivity contribution is 7.89. The summed E-state index contributed by atoms with van der Waals surface area (Å²) >= 11 is 0. The van der Waals surface area contributed by atoms with Crippen LogP contribution in [0.5, 0.6) is 0 Å². The average Bonchev–Trinajstić information content (AvgIpc) is 2.92. The maximum Gasteiger partial charge on any atom is 0.252 e. The zero-order valence-corrected chi connectivity index (χ0v) is 17.1. The maximum atomic E-state index is 12.7. The Labute approximate surface area is 164 Å². The molecule has 28 heavy (non-hydrogen) atoms. The van der Waals surface area contributed by atoms with Crippen molar-refractivity contribution in [1.82, 2.24) is 24.8 Å². The van der Waals surface area contributed by atoms with Gasteiger partial charge < -0.3 is 5.32 Å². The van der Waals surface area contributed by atoms with Crippen molar-refractivity contribution >= 4 is 27.0 Å². The lowest BCUT2D eigenvalue weighted by molar-refractivity contribution is 0.0955. The van der Waals surface area contributed by atoms with Crippen molar-refractivity contribution in [2.45, 2.75) is 25.7 Å². The number of nitrogens with one attached hydrogen (secondary N) is 2. The molecule has 2 heterocycles. The van der Waals surface area contributed by atoms with Gasteiger partial charge in [-0.15, -0.1) is 0 Å². The number of sulfonamides is 1. The van der Waals surface area contributed by atoms with Gasteiger partial charge in [-0.1, -0.05) is 17.7 Å². The van der Waals surface area contributed by atoms with Crippen molar-refractivity contribution < 1.29 is 13.2 Å². The number of aryl methyl sites for hydroxylation is 4. The van der Waals surface area contributed by atoms with Gasteiger partial charge in [0.2, 0.25) is 10.0 Å². The number of carbonyl (C=O) groups excluding carboxylic acids is 1. The van der Waals surface area contributed by atoms with Crippen LogP contribution in [0.2, 0.25) is 0 Å². The molecule has 3 rings (SSSR count). The van der Waals surface area contributed by atoms with Gasteiger partial charge in [0.25, 0.3) is 5.91 Å². The molecule has 2 N–H and O–H groups in total. The predicted molar refractivity (Wildman–Crippen MR) is 107 cm³/mol. The summed E-state index contributed by atoms with van der Waals surface area (Å²) in [6.45, 7) is 5.77. The molecule has 1 aromatic carbocycles. The molecule has 0 atom stereocenters. The van der Waals surface area contributed by atoms with E-state index < -0.39 is 10.0 Å². The predicted octanol–water partition coefficient (Wildman–Crippen LogP) is 1.60. The fraction of sp³-hybridized carbons (Fsp3) is 0.316. The third-order valence-electron chi connectivity index (χ3n) is 4.38. The van der Waals surface area contributed by atoms with Crippen LogP contribution in [-0.4, -0.2) is 42.2 Å². The number of hydrogen-bond acceptors (Lipinski definition) is 5. The normalized spacial score (nSPS) is 11.7. The van der Waals surface area contributed by atoms with E-state index in [-0.39, 0.29) is 23.9 Å². The number of amides is 1. The molecule has 1 amide bonds. The lowest BCUT2D eigenvalue weighted by Gasteiger charge is -2.09. The molecule has 0 unspecified atom stereocenters. The third kappa shape index (κ3) is 4.05. The van der Waals surface area contributed by atoms with E-state index in [9.17, 15) is 13.2 Å². The van der Waals surface area contributed by atoms with Crippen molar-refractivity contribution in [2.24, 2.45) is 7.05 Å². The third-order valence-corrected chi connectivity index (χ3v) is 5.85. The minimum Gasteiger partial charge on any atom is -0.351 e. The smallest absolute Gasteiger partial charge is 0.252 e. The van der Waals surface area contributed by atoms with Gasteiger partial charge in [0.05, 0.1) is 21.5 Å². The molecule has 0 aliphatic heterocycles. The molecule has 0 radical (unpaired) electrons. The van der Waals surface area contributed by atoms with E-state index in [2.05, 4.69) is 20.1 Å². The number of hydrogen-bond donors (Lipinski definition) is 2. The first kappa shape index (κ1) is 20.0. The highest BCUT2D eigenvalue weighted by Gasteiger charge is 2.18. The van der Waals surface area contributed by atoms with Crippen LogP contribution in [0.15, 0.2) is 35.2 Å². The van der Waals surface area contributed by atoms with Gasteiger partial charge in [0, 0.05) is 25.8 Å². The van der Waals surface area contributed by atoms with Gasteiger partial charge in [0.1, 0.15) is 0 Å². The van der Waals surface area contributed by atoms with Gasteiger partial charge >= 0.3 is 0 Å². The fourth-order valence-corrected chi connectivity index (χ4v) is 4.04. The van der Waals surface area contributed by atoms with Crippen LogP contribution in [0.25, 0.3) is 11.0 Å². The van der Waals surface area contributed by atoms with E-state index in [1.165, 1.54) is 0 Å². The summed E-state index contributed by atoms with van der Waals surface area (Å²) in [5.74, 6) is -0.291. The largest absolute Gasteiger partial charge is 0.351 e. The van der Waals surface area contributed by atoms with Crippen LogP contribution in [-0.2, 0) is 17.1 Å². The number of aromatic nitrogens is 3. The monoisotopic (exact) mass is 401 g/mol. The number of pyridine rings is 1. The quantitative estimate of drug-likeness (QED) is 0.610. The van der Waals surface area contributed by atoms with Gasteiger partial charge in [-0.3, -0.25) is 9.48 Å². The van der Waals surface area contributed by atoms with Crippen LogP contribution in [0.1, 0.15) is 27.3 Å². The van der Waals surface area contributed by atoms with Crippen LogP contribution in [0, 0.1) is 20.8 Å². The molecule has 0 bridgehead atoms. The fourth-order valence-electron chi connectivity index (χ4n) is 3.01. The van der Waals surface area contributed by atoms with Crippen molar-refractivity contribution in [3.63, 3.8) is 0 Å². The second kappa shape index (κ2) is 7.69. The summed E-state index contributed by atoms with van der Waals surface area (Å²) in [7, 11) is -1.83. The van der Waals surface area contributed by atoms with E-state index in [0.717, 1.165) is 11.3 Å². The molecule has 0 spiro atoms. The Bertz CT molecular complexity index is 1130. The molecule has 0 aliphatic carbocycles. The van der Waals surface area contributed by atoms with E-state index in [4.69, 9.17) is 0 Å². The Balaban J connectivity index is 1.67. The molecule has 2 aromatic heterocycles. The Kier molecular flexibility index (Phi) is 5.48. The zero-order chi connectivity index (χ0) is 20.5. The average molecular weight is 401 g/mol. The van der Waals surface area contributed by atoms with Crippen LogP contribution in [0.3, 0.4) is 0 Å². The van der Waals surface area contributed by atoms with Gasteiger partial charge in [-0.2, -0.15) is 5.10 Å². The molecule has 3 aromatic rings. The Morgan fingerprint density at radius 2 is 1.79 bits per heavy atom. The molecule has 0 aliphatic rings. The highest BCUT2D eigenvalue weighted by atomic mass is 32.2. The Morgan fingerprint density at radius 3 is 2.46 bits per heavy atom. The van der Waals surface area contributed by atoms with E-state index in [1.807, 2.05) is 20.8 Å². The lowest BCUT2D eigenvalue weighted by atomic mass is 10.1. The summed E-state index contributed by atoms with van der Waals surface area (Å²) in [5, 5.41) is 7.78. The first-order chi connectivity index (χ1) is 13.2. The van der Waals surface area contributed by atoms with Crippen molar-refractivity contribution in [3.05, 3.63) is 52.8 Å². The van der Waals surface area contributed by atoms with E-state index in [0.29, 0.717) is 22.3 Å². The number of fused-ring (bicyclic) bond motifs is 1. The second-order valence-corrected chi connectivity index (χ2v) is 8.45. The van der Waals surface area contributed by atoms with Crippen LogP contribution < -0.4 is 10.0 Å². The van der Waals surface area contributed by atoms with Gasteiger partial charge in [-0.05, 0) is 39.0 Å². The first-order valence-corrected chi connectivity index (χ1v) is 10.3. The Morgan fingerprint density at radius 1 is 1.11 bits per heavy atom. The summed E-state index contributed by atoms with van der Waals surface area (Å²) in [5.41, 5.74) is 3.53. The first-order valence-electron chi connectivity index (χ1n) is 8.84. The Hall–Kier alpha value is -2.78. The van der Waals surface area contributed by atoms with Crippen LogP contribution >= 0.6 is 0 Å². The number of nitrogens with zero attached hydrogens (tertiary/aromatic N) is 3. The molecule has 0 saturated heterocycles. The molecule has 8 nitrogen and oxygen atoms in total. The molecule has 9 heteroatoms. The standard InChI is InChI=1S/C19H23N5O3S/c1-12-5-7-15(8-6-12)28(26,27)21-10-9-20-19(25)16-11-13(2)22-18-17(16)14(3)23-24(18)4/h5-8,11,21H,9-10H2,1-4H3,(H,20,25). The lowest BCUT2D eigenvalue weighted by Crippen LogP contribution is -2.34. The van der Waals surface area contributed by atoms with Gasteiger partial charge in [-0.25, -0.2) is 18.1 Å². The minimum atomic E-state index is -3.61. The summed E-state index contributed by atoms with van der Waals surface area (Å²) in [4.78, 5) is 17.3. The minimum absolute atomic E-state index is 0.0845.